The summed E-state index contributed by atoms with van der Waals surface area (Å²) < 4.78 is 13.2. The lowest BCUT2D eigenvalue weighted by Crippen LogP contribution is -2.28. The molecular weight excluding hydrogens is 363 g/mol. The number of carbonyl (C=O) groups is 2. The molecule has 25 heavy (non-hydrogen) atoms. The fraction of sp³-hybridized carbons (Fsp3) is 0.222. The molecule has 0 unspecified atom stereocenters. The standard InChI is InChI=1S/C18H16ClFN2O2S/c1-11(19)17(24)21-14-4-2-3-12(9-14)18-22(16(23)10-25-18)15-7-5-13(20)6-8-15/h2-9,11,18H,10H2,1H3,(H,21,24)/t11-,18+/m0/s1. The van der Waals surface area contributed by atoms with Crippen molar-refractivity contribution in [3.63, 3.8) is 0 Å². The summed E-state index contributed by atoms with van der Waals surface area (Å²) >= 11 is 7.27. The zero-order valence-corrected chi connectivity index (χ0v) is 15.0. The van der Waals surface area contributed by atoms with Gasteiger partial charge in [-0.3, -0.25) is 14.5 Å². The number of amides is 2. The summed E-state index contributed by atoms with van der Waals surface area (Å²) in [5, 5.41) is 1.87. The van der Waals surface area contributed by atoms with Crippen LogP contribution in [-0.4, -0.2) is 22.9 Å². The van der Waals surface area contributed by atoms with Crippen LogP contribution in [0.3, 0.4) is 0 Å². The average Bonchev–Trinajstić information content (AvgIpc) is 2.97. The Hall–Kier alpha value is -2.05. The predicted octanol–water partition coefficient (Wildman–Crippen LogP) is 4.17. The van der Waals surface area contributed by atoms with Crippen LogP contribution in [0.5, 0.6) is 0 Å². The molecule has 0 bridgehead atoms. The highest BCUT2D eigenvalue weighted by atomic mass is 35.5. The second kappa shape index (κ2) is 7.45. The van der Waals surface area contributed by atoms with E-state index >= 15 is 0 Å². The van der Waals surface area contributed by atoms with Crippen molar-refractivity contribution in [2.75, 3.05) is 16.0 Å². The van der Waals surface area contributed by atoms with Gasteiger partial charge in [0.1, 0.15) is 16.6 Å². The van der Waals surface area contributed by atoms with Crippen molar-refractivity contribution < 1.29 is 14.0 Å². The average molecular weight is 379 g/mol. The number of nitrogens with zero attached hydrogens (tertiary/aromatic N) is 1. The third-order valence-electron chi connectivity index (χ3n) is 3.77. The maximum Gasteiger partial charge on any atom is 0.242 e. The van der Waals surface area contributed by atoms with E-state index in [9.17, 15) is 14.0 Å². The van der Waals surface area contributed by atoms with Gasteiger partial charge in [-0.05, 0) is 48.9 Å². The Morgan fingerprint density at radius 1 is 1.32 bits per heavy atom. The number of thioether (sulfide) groups is 1. The molecule has 4 nitrogen and oxygen atoms in total. The number of anilines is 2. The van der Waals surface area contributed by atoms with Crippen LogP contribution >= 0.6 is 23.4 Å². The topological polar surface area (TPSA) is 49.4 Å². The van der Waals surface area contributed by atoms with Crippen LogP contribution in [-0.2, 0) is 9.59 Å². The molecule has 3 rings (SSSR count). The minimum Gasteiger partial charge on any atom is -0.325 e. The SMILES string of the molecule is C[C@H](Cl)C(=O)Nc1cccc([C@H]2SCC(=O)N2c2ccc(F)cc2)c1. The van der Waals surface area contributed by atoms with Gasteiger partial charge < -0.3 is 5.32 Å². The van der Waals surface area contributed by atoms with Gasteiger partial charge in [-0.2, -0.15) is 0 Å². The van der Waals surface area contributed by atoms with Crippen LogP contribution in [0.4, 0.5) is 15.8 Å². The van der Waals surface area contributed by atoms with Crippen molar-refractivity contribution in [1.29, 1.82) is 0 Å². The second-order valence-electron chi connectivity index (χ2n) is 5.63. The quantitative estimate of drug-likeness (QED) is 0.812. The highest BCUT2D eigenvalue weighted by Crippen LogP contribution is 2.42. The summed E-state index contributed by atoms with van der Waals surface area (Å²) in [6.45, 7) is 1.60. The van der Waals surface area contributed by atoms with Gasteiger partial charge in [0, 0.05) is 11.4 Å². The first-order valence-electron chi connectivity index (χ1n) is 7.70. The van der Waals surface area contributed by atoms with E-state index in [4.69, 9.17) is 11.6 Å². The van der Waals surface area contributed by atoms with Gasteiger partial charge in [-0.15, -0.1) is 23.4 Å². The van der Waals surface area contributed by atoms with Gasteiger partial charge in [0.15, 0.2) is 0 Å². The molecule has 0 aliphatic carbocycles. The van der Waals surface area contributed by atoms with Crippen molar-refractivity contribution >= 4 is 46.6 Å². The van der Waals surface area contributed by atoms with Gasteiger partial charge in [0.25, 0.3) is 0 Å². The smallest absolute Gasteiger partial charge is 0.242 e. The van der Waals surface area contributed by atoms with E-state index in [1.54, 1.807) is 30.0 Å². The summed E-state index contributed by atoms with van der Waals surface area (Å²) in [5.74, 6) is -0.327. The molecule has 2 amide bonds. The fourth-order valence-corrected chi connectivity index (χ4v) is 3.78. The van der Waals surface area contributed by atoms with Crippen LogP contribution < -0.4 is 10.2 Å². The van der Waals surface area contributed by atoms with Crippen molar-refractivity contribution in [3.8, 4) is 0 Å². The van der Waals surface area contributed by atoms with E-state index in [0.29, 0.717) is 17.1 Å². The molecule has 0 saturated carbocycles. The van der Waals surface area contributed by atoms with Crippen LogP contribution in [0.25, 0.3) is 0 Å². The van der Waals surface area contributed by atoms with E-state index in [0.717, 1.165) is 5.56 Å². The Labute approximate surface area is 154 Å². The van der Waals surface area contributed by atoms with Gasteiger partial charge in [-0.1, -0.05) is 12.1 Å². The molecule has 2 aromatic rings. The molecule has 0 radical (unpaired) electrons. The normalized spacial score (nSPS) is 18.3. The van der Waals surface area contributed by atoms with Crippen molar-refractivity contribution in [2.45, 2.75) is 17.7 Å². The molecule has 1 heterocycles. The van der Waals surface area contributed by atoms with Crippen molar-refractivity contribution in [2.24, 2.45) is 0 Å². The number of carbonyl (C=O) groups excluding carboxylic acids is 2. The minimum absolute atomic E-state index is 0.0366. The van der Waals surface area contributed by atoms with Gasteiger partial charge in [0.2, 0.25) is 11.8 Å². The van der Waals surface area contributed by atoms with E-state index in [2.05, 4.69) is 5.32 Å². The minimum atomic E-state index is -0.637. The zero-order chi connectivity index (χ0) is 18.0. The summed E-state index contributed by atoms with van der Waals surface area (Å²) in [5.41, 5.74) is 2.14. The largest absolute Gasteiger partial charge is 0.325 e. The zero-order valence-electron chi connectivity index (χ0n) is 13.4. The highest BCUT2D eigenvalue weighted by molar-refractivity contribution is 8.00. The first kappa shape index (κ1) is 17.8. The van der Waals surface area contributed by atoms with Gasteiger partial charge in [-0.25, -0.2) is 4.39 Å². The van der Waals surface area contributed by atoms with Crippen LogP contribution in [0, 0.1) is 5.82 Å². The Kier molecular flexibility index (Phi) is 5.30. The fourth-order valence-electron chi connectivity index (χ4n) is 2.56. The molecular formula is C18H16ClFN2O2S. The van der Waals surface area contributed by atoms with E-state index < -0.39 is 5.38 Å². The van der Waals surface area contributed by atoms with E-state index in [1.807, 2.05) is 18.2 Å². The molecule has 0 aromatic heterocycles. The summed E-state index contributed by atoms with van der Waals surface area (Å²) in [4.78, 5) is 25.7. The molecule has 2 aromatic carbocycles. The summed E-state index contributed by atoms with van der Waals surface area (Å²) in [6, 6.07) is 13.2. The highest BCUT2D eigenvalue weighted by Gasteiger charge is 2.34. The van der Waals surface area contributed by atoms with Crippen LogP contribution in [0.1, 0.15) is 17.9 Å². The molecule has 2 atom stereocenters. The third kappa shape index (κ3) is 3.96. The van der Waals surface area contributed by atoms with Crippen molar-refractivity contribution in [1.82, 2.24) is 0 Å². The lowest BCUT2D eigenvalue weighted by Gasteiger charge is -2.24. The number of halogens is 2. The van der Waals surface area contributed by atoms with Gasteiger partial charge in [0.05, 0.1) is 5.75 Å². The second-order valence-corrected chi connectivity index (χ2v) is 7.36. The van der Waals surface area contributed by atoms with E-state index in [-0.39, 0.29) is 23.0 Å². The predicted molar refractivity (Wildman–Crippen MR) is 99.5 cm³/mol. The maximum absolute atomic E-state index is 13.2. The Morgan fingerprint density at radius 2 is 2.04 bits per heavy atom. The molecule has 1 saturated heterocycles. The molecule has 1 aliphatic rings. The Morgan fingerprint density at radius 3 is 2.72 bits per heavy atom. The number of alkyl halides is 1. The van der Waals surface area contributed by atoms with Crippen LogP contribution in [0.2, 0.25) is 0 Å². The molecule has 0 spiro atoms. The molecule has 130 valence electrons. The number of rotatable bonds is 4. The first-order valence-corrected chi connectivity index (χ1v) is 9.18. The monoisotopic (exact) mass is 378 g/mol. The molecule has 1 aliphatic heterocycles. The van der Waals surface area contributed by atoms with E-state index in [1.165, 1.54) is 23.9 Å². The lowest BCUT2D eigenvalue weighted by molar-refractivity contribution is -0.116. The van der Waals surface area contributed by atoms with Crippen LogP contribution in [0.15, 0.2) is 48.5 Å². The Bertz CT molecular complexity index is 798. The number of hydrogen-bond donors (Lipinski definition) is 1. The molecule has 7 heteroatoms. The summed E-state index contributed by atoms with van der Waals surface area (Å²) in [7, 11) is 0. The third-order valence-corrected chi connectivity index (χ3v) is 5.18. The first-order chi connectivity index (χ1) is 12.0. The summed E-state index contributed by atoms with van der Waals surface area (Å²) in [6.07, 6.45) is 0. The number of benzene rings is 2. The number of hydrogen-bond acceptors (Lipinski definition) is 3. The lowest BCUT2D eigenvalue weighted by atomic mass is 10.1. The maximum atomic E-state index is 13.2. The molecule has 1 fully saturated rings. The van der Waals surface area contributed by atoms with Crippen molar-refractivity contribution in [3.05, 3.63) is 59.9 Å². The van der Waals surface area contributed by atoms with Gasteiger partial charge >= 0.3 is 0 Å². The Balaban J connectivity index is 1.88. The molecule has 1 N–H and O–H groups in total. The number of nitrogens with one attached hydrogen (secondary N) is 1.